The zero-order chi connectivity index (χ0) is 74.6. The van der Waals surface area contributed by atoms with Crippen LogP contribution >= 0.6 is 11.6 Å². The third-order valence-corrected chi connectivity index (χ3v) is 18.9. The molecule has 0 saturated carbocycles. The number of likely N-dealkylation sites (tertiary alicyclic amines) is 3. The number of ketones is 1. The Kier molecular flexibility index (Phi) is 33.1. The lowest BCUT2D eigenvalue weighted by Crippen LogP contribution is -2.42. The molecule has 5 aromatic heterocycles. The first-order valence-electron chi connectivity index (χ1n) is 34.8. The Bertz CT molecular complexity index is 4020. The van der Waals surface area contributed by atoms with Crippen LogP contribution < -0.4 is 32.5 Å². The average Bonchev–Trinajstić information content (AvgIpc) is 0.815. The Morgan fingerprint density at radius 2 is 0.912 bits per heavy atom. The number of ether oxygens (including phenoxy) is 1. The highest BCUT2D eigenvalue weighted by Crippen LogP contribution is 2.28. The predicted octanol–water partition coefficient (Wildman–Crippen LogP) is 4.67. The SMILES string of the molecule is CC(C)N1CCC(O)CC1.CC(C)N1CCC(Oc2nc3c(cc2C#N)CN(C)CC3)CC1.CN1CCC(=O)CC1.CN1CCc2[nH]c(=O)c(C#N)cc2C1.CN1CCc2[nH]c(=O)c(C#N)cc2C1.CN1CCc2nc(Cl)c(C#N)cc2C1.N#CCC(N)=O.N#Cc1cc2c([nH]c1=O)CCNC2. The summed E-state index contributed by atoms with van der Waals surface area (Å²) in [6, 6.07) is 21.7. The average molecular weight is 1420 g/mol. The van der Waals surface area contributed by atoms with E-state index < -0.39 is 5.91 Å². The minimum Gasteiger partial charge on any atom is -0.473 e. The van der Waals surface area contributed by atoms with Crippen LogP contribution in [0.3, 0.4) is 0 Å². The lowest BCUT2D eigenvalue weighted by atomic mass is 10.0. The summed E-state index contributed by atoms with van der Waals surface area (Å²) in [6.07, 6.45) is 9.79. The van der Waals surface area contributed by atoms with E-state index in [1.807, 2.05) is 57.6 Å². The number of Topliss-reactive ketones (excluding diaryl/α,β-unsaturated/α-hetero) is 1. The van der Waals surface area contributed by atoms with Crippen molar-refractivity contribution in [2.24, 2.45) is 5.73 Å². The Labute approximate surface area is 603 Å². The maximum absolute atomic E-state index is 11.3. The fraction of sp³-hybridized carbons (Fsp3) is 0.554. The van der Waals surface area contributed by atoms with E-state index in [1.165, 1.54) is 0 Å². The molecule has 13 rings (SSSR count). The van der Waals surface area contributed by atoms with Crippen LogP contribution in [0.15, 0.2) is 44.7 Å². The second-order valence-electron chi connectivity index (χ2n) is 27.3. The van der Waals surface area contributed by atoms with Crippen LogP contribution in [0.2, 0.25) is 5.15 Å². The second-order valence-corrected chi connectivity index (χ2v) is 27.7. The number of rotatable bonds is 5. The number of hydrogen-bond donors (Lipinski definition) is 6. The van der Waals surface area contributed by atoms with Crippen LogP contribution in [-0.2, 0) is 74.4 Å². The molecule has 3 saturated heterocycles. The van der Waals surface area contributed by atoms with Crippen molar-refractivity contribution in [3.05, 3.63) is 151 Å². The van der Waals surface area contributed by atoms with Crippen LogP contribution in [0.1, 0.15) is 157 Å². The van der Waals surface area contributed by atoms with Gasteiger partial charge in [0.05, 0.1) is 23.4 Å². The van der Waals surface area contributed by atoms with E-state index in [4.69, 9.17) is 42.6 Å². The molecule has 0 bridgehead atoms. The number of aliphatic hydroxyl groups excluding tert-OH is 1. The van der Waals surface area contributed by atoms with Crippen LogP contribution in [0, 0.1) is 68.0 Å². The number of nitrogens with zero attached hydrogens (tertiary/aromatic N) is 15. The van der Waals surface area contributed by atoms with Crippen LogP contribution in [-0.4, -0.2) is 208 Å². The summed E-state index contributed by atoms with van der Waals surface area (Å²) in [4.78, 5) is 87.1. The van der Waals surface area contributed by atoms with Crippen molar-refractivity contribution in [2.45, 2.75) is 162 Å². The number of carbonyl (C=O) groups is 2. The highest BCUT2D eigenvalue weighted by Gasteiger charge is 2.26. The van der Waals surface area contributed by atoms with E-state index in [1.54, 1.807) is 24.3 Å². The Hall–Kier alpha value is -9.04. The molecule has 27 nitrogen and oxygen atoms in total. The van der Waals surface area contributed by atoms with Gasteiger partial charge in [-0.1, -0.05) is 11.6 Å². The van der Waals surface area contributed by atoms with Gasteiger partial charge >= 0.3 is 0 Å². The van der Waals surface area contributed by atoms with Crippen molar-refractivity contribution in [3.8, 4) is 42.3 Å². The van der Waals surface area contributed by atoms with Crippen molar-refractivity contribution in [1.82, 2.24) is 64.5 Å². The number of aromatic amines is 3. The van der Waals surface area contributed by atoms with Gasteiger partial charge in [-0.05, 0) is 147 Å². The molecule has 1 amide bonds. The number of pyridine rings is 5. The molecule has 7 N–H and O–H groups in total. The molecule has 0 radical (unpaired) electrons. The van der Waals surface area contributed by atoms with Gasteiger partial charge in [0.1, 0.15) is 76.1 Å². The number of likely N-dealkylation sites (N-methyl/N-ethyl adjacent to an activating group) is 4. The van der Waals surface area contributed by atoms with Crippen molar-refractivity contribution in [1.29, 1.82) is 31.6 Å². The summed E-state index contributed by atoms with van der Waals surface area (Å²) in [5.74, 6) is 0.388. The molecule has 13 heterocycles. The first-order valence-corrected chi connectivity index (χ1v) is 35.2. The summed E-state index contributed by atoms with van der Waals surface area (Å²) in [5.41, 5.74) is 15.9. The van der Waals surface area contributed by atoms with E-state index in [2.05, 4.69) is 118 Å². The molecule has 544 valence electrons. The predicted molar refractivity (Wildman–Crippen MR) is 387 cm³/mol. The monoisotopic (exact) mass is 1410 g/mol. The van der Waals surface area contributed by atoms with Gasteiger partial charge in [0.25, 0.3) is 16.7 Å². The van der Waals surface area contributed by atoms with Gasteiger partial charge in [-0.15, -0.1) is 0 Å². The first kappa shape index (κ1) is 81.9. The van der Waals surface area contributed by atoms with Crippen LogP contribution in [0.5, 0.6) is 5.88 Å². The Morgan fingerprint density at radius 3 is 1.32 bits per heavy atom. The van der Waals surface area contributed by atoms with E-state index in [0.29, 0.717) is 40.0 Å². The standard InChI is InChI=1S/C18H26N4O.C10H10ClN3.2C10H11N3O.C9H9N3O.C8H17NO.C6H11NO.C3H4N2O/c1-13(2)22-8-4-16(5-9-22)23-18-14(11-19)10-15-12-21(3)7-6-17(15)20-18;1-14-3-2-9-8(6-14)4-7(5-12)10(11)13-9;2*1-13-3-2-9-8(6-13)4-7(5-11)10(14)12-9;10-4-6-3-7-5-11-2-1-8(7)12-9(6)13;1-7(2)9-5-3-8(10)4-6-9;1-7-4-2-6(8)3-5-7;4-2-1-3(5)6/h10,13,16H,4-9,12H2,1-3H3;4H,2-3,6H2,1H3;2*4H,2-3,6H2,1H3,(H,12,14);3,11H,1-2,5H2,(H,12,13);7-8,10H,3-6H2,1-2H3;2-5H2,1H3;1H2,(H2,5,6). The molecule has 8 aliphatic rings. The van der Waals surface area contributed by atoms with Gasteiger partial charge in [0, 0.05) is 185 Å². The number of H-pyrrole nitrogens is 3. The molecular formula is C74H99ClN20O7. The van der Waals surface area contributed by atoms with E-state index in [9.17, 15) is 34.3 Å². The minimum absolute atomic E-state index is 0.0324. The number of nitrogens with one attached hydrogen (secondary N) is 4. The van der Waals surface area contributed by atoms with Gasteiger partial charge in [-0.2, -0.15) is 31.6 Å². The number of piperidine rings is 3. The molecule has 3 fully saturated rings. The summed E-state index contributed by atoms with van der Waals surface area (Å²) < 4.78 is 6.12. The summed E-state index contributed by atoms with van der Waals surface area (Å²) >= 11 is 5.85. The van der Waals surface area contributed by atoms with E-state index in [-0.39, 0.29) is 52.0 Å². The highest BCUT2D eigenvalue weighted by molar-refractivity contribution is 6.30. The van der Waals surface area contributed by atoms with Gasteiger partial charge in [0.2, 0.25) is 11.8 Å². The Balaban J connectivity index is 0.000000188. The van der Waals surface area contributed by atoms with Crippen molar-refractivity contribution < 1.29 is 19.4 Å². The van der Waals surface area contributed by atoms with Crippen LogP contribution in [0.25, 0.3) is 0 Å². The zero-order valence-corrected chi connectivity index (χ0v) is 61.3. The lowest BCUT2D eigenvalue weighted by Gasteiger charge is -2.34. The molecule has 0 unspecified atom stereocenters. The number of primary amides is 1. The molecule has 0 spiro atoms. The topological polar surface area (TPSA) is 391 Å². The fourth-order valence-corrected chi connectivity index (χ4v) is 12.6. The lowest BCUT2D eigenvalue weighted by molar-refractivity contribution is -0.121. The first-order chi connectivity index (χ1) is 48.7. The summed E-state index contributed by atoms with van der Waals surface area (Å²) in [7, 11) is 10.3. The van der Waals surface area contributed by atoms with Gasteiger partial charge in [-0.3, -0.25) is 24.0 Å². The van der Waals surface area contributed by atoms with Crippen molar-refractivity contribution in [2.75, 3.05) is 107 Å². The molecule has 0 atom stereocenters. The van der Waals surface area contributed by atoms with E-state index >= 15 is 0 Å². The fourth-order valence-electron chi connectivity index (χ4n) is 12.4. The number of halogens is 1. The highest BCUT2D eigenvalue weighted by atomic mass is 35.5. The number of fused-ring (bicyclic) bond motifs is 5. The molecule has 0 aromatic carbocycles. The smallest absolute Gasteiger partial charge is 0.266 e. The number of carbonyl (C=O) groups excluding carboxylic acids is 2. The number of aromatic nitrogens is 5. The number of amides is 1. The quantitative estimate of drug-likeness (QED) is 0.130. The zero-order valence-electron chi connectivity index (χ0n) is 60.6. The van der Waals surface area contributed by atoms with Crippen molar-refractivity contribution in [3.63, 3.8) is 0 Å². The maximum Gasteiger partial charge on any atom is 0.266 e. The molecule has 5 aromatic rings. The number of nitriles is 6. The van der Waals surface area contributed by atoms with Gasteiger partial charge in [-0.25, -0.2) is 9.97 Å². The van der Waals surface area contributed by atoms with Crippen LogP contribution in [0.4, 0.5) is 0 Å². The minimum atomic E-state index is -0.572. The maximum atomic E-state index is 11.3. The normalized spacial score (nSPS) is 17.7. The van der Waals surface area contributed by atoms with E-state index in [0.717, 1.165) is 232 Å². The number of hydrogen-bond acceptors (Lipinski definition) is 23. The molecule has 8 aliphatic heterocycles. The Morgan fingerprint density at radius 1 is 0.529 bits per heavy atom. The van der Waals surface area contributed by atoms with Gasteiger partial charge in [0.15, 0.2) is 0 Å². The molecule has 28 heteroatoms. The third-order valence-electron chi connectivity index (χ3n) is 18.6. The largest absolute Gasteiger partial charge is 0.473 e. The molecular weight excluding hydrogens is 1320 g/mol. The molecule has 0 aliphatic carbocycles. The van der Waals surface area contributed by atoms with Crippen molar-refractivity contribution >= 4 is 23.3 Å². The summed E-state index contributed by atoms with van der Waals surface area (Å²) in [6.45, 7) is 23.9. The number of nitrogens with two attached hydrogens (primary N) is 1. The summed E-state index contributed by atoms with van der Waals surface area (Å²) in [5, 5.41) is 64.6. The van der Waals surface area contributed by atoms with Gasteiger partial charge < -0.3 is 70.1 Å². The second kappa shape index (κ2) is 41.2. The molecule has 102 heavy (non-hydrogen) atoms. The third kappa shape index (κ3) is 25.8. The number of aliphatic hydroxyl groups is 1.